The van der Waals surface area contributed by atoms with E-state index in [2.05, 4.69) is 10.6 Å². The van der Waals surface area contributed by atoms with Gasteiger partial charge in [0.25, 0.3) is 23.6 Å². The molecule has 222 valence electrons. The minimum atomic E-state index is -1.34. The maximum Gasteiger partial charge on any atom is 0.265 e. The number of hydrogen-bond donors (Lipinski definition) is 2. The average Bonchev–Trinajstić information content (AvgIpc) is 3.51. The van der Waals surface area contributed by atoms with Gasteiger partial charge in [0, 0.05) is 25.1 Å². The lowest BCUT2D eigenvalue weighted by atomic mass is 9.87. The highest BCUT2D eigenvalue weighted by Crippen LogP contribution is 2.42. The van der Waals surface area contributed by atoms with Crippen LogP contribution in [0.3, 0.4) is 0 Å². The zero-order valence-electron chi connectivity index (χ0n) is 23.2. The number of nitrogens with one attached hydrogen (secondary N) is 2. The molecule has 3 aliphatic heterocycles. The normalized spacial score (nSPS) is 23.6. The van der Waals surface area contributed by atoms with Crippen molar-refractivity contribution in [1.82, 2.24) is 15.1 Å². The van der Waals surface area contributed by atoms with Gasteiger partial charge in [-0.1, -0.05) is 12.1 Å². The van der Waals surface area contributed by atoms with Crippen LogP contribution in [0.5, 0.6) is 0 Å². The number of nitrogens with zero attached hydrogens (tertiary/aromatic N) is 2. The van der Waals surface area contributed by atoms with E-state index in [1.54, 1.807) is 12.1 Å². The summed E-state index contributed by atoms with van der Waals surface area (Å²) in [6, 6.07) is 7.58. The van der Waals surface area contributed by atoms with Crippen LogP contribution < -0.4 is 10.6 Å². The number of hydrogen-bond acceptors (Lipinski definition) is 8. The quantitative estimate of drug-likeness (QED) is 0.353. The monoisotopic (exact) mass is 588 g/mol. The van der Waals surface area contributed by atoms with Crippen molar-refractivity contribution in [3.63, 3.8) is 0 Å². The molecule has 0 radical (unpaired) electrons. The predicted octanol–water partition coefficient (Wildman–Crippen LogP) is 2.99. The highest BCUT2D eigenvalue weighted by atomic mass is 19.1. The molecule has 3 heterocycles. The Kier molecular flexibility index (Phi) is 7.15. The smallest absolute Gasteiger partial charge is 0.265 e. The van der Waals surface area contributed by atoms with E-state index in [4.69, 9.17) is 0 Å². The second kappa shape index (κ2) is 10.8. The number of Topliss-reactive ketones (excluding diaryl/α,β-unsaturated/α-hetero) is 1. The van der Waals surface area contributed by atoms with Gasteiger partial charge in [-0.3, -0.25) is 48.7 Å². The second-order valence-corrected chi connectivity index (χ2v) is 11.3. The van der Waals surface area contributed by atoms with Crippen LogP contribution in [0.4, 0.5) is 10.1 Å². The Morgan fingerprint density at radius 1 is 0.837 bits per heavy atom. The first-order valence-electron chi connectivity index (χ1n) is 14.4. The Morgan fingerprint density at radius 2 is 1.58 bits per heavy atom. The third-order valence-corrected chi connectivity index (χ3v) is 8.84. The third-order valence-electron chi connectivity index (χ3n) is 8.84. The maximum absolute atomic E-state index is 14.5. The Hall–Kier alpha value is -4.74. The summed E-state index contributed by atoms with van der Waals surface area (Å²) < 4.78 is 14.5. The fourth-order valence-electron chi connectivity index (χ4n) is 6.78. The Labute approximate surface area is 245 Å². The molecule has 0 bridgehead atoms. The van der Waals surface area contributed by atoms with Crippen LogP contribution in [-0.2, 0) is 14.4 Å². The molecule has 43 heavy (non-hydrogen) atoms. The molecule has 2 N–H and O–H groups in total. The van der Waals surface area contributed by atoms with Gasteiger partial charge in [0.05, 0.1) is 22.3 Å². The zero-order chi connectivity index (χ0) is 30.5. The Morgan fingerprint density at radius 3 is 2.30 bits per heavy atom. The largest absolute Gasteiger partial charge is 0.384 e. The average molecular weight is 589 g/mol. The first-order valence-corrected chi connectivity index (χ1v) is 14.4. The number of carbonyl (C=O) groups is 7. The van der Waals surface area contributed by atoms with Crippen molar-refractivity contribution in [2.24, 2.45) is 0 Å². The van der Waals surface area contributed by atoms with Crippen molar-refractivity contribution in [3.8, 4) is 0 Å². The molecule has 2 fully saturated rings. The summed E-state index contributed by atoms with van der Waals surface area (Å²) >= 11 is 0. The SMILES string of the molecule is O=C1CCCC(N2C(=O)c3cccc(NCCCC[C@]4(N5C(=O)c6cccc(F)c6C5=O)CCCC4=O)c3C2=O)C(=O)N1. The van der Waals surface area contributed by atoms with Gasteiger partial charge in [-0.2, -0.15) is 0 Å². The van der Waals surface area contributed by atoms with E-state index in [-0.39, 0.29) is 53.7 Å². The maximum atomic E-state index is 14.5. The number of halogens is 1. The van der Waals surface area contributed by atoms with Gasteiger partial charge in [0.15, 0.2) is 5.78 Å². The number of benzene rings is 2. The molecule has 1 saturated heterocycles. The van der Waals surface area contributed by atoms with Crippen molar-refractivity contribution in [3.05, 3.63) is 64.5 Å². The Bertz CT molecular complexity index is 1620. The highest BCUT2D eigenvalue weighted by Gasteiger charge is 2.55. The highest BCUT2D eigenvalue weighted by molar-refractivity contribution is 6.25. The number of rotatable bonds is 8. The molecule has 2 aromatic carbocycles. The van der Waals surface area contributed by atoms with Crippen LogP contribution in [0, 0.1) is 5.82 Å². The fourth-order valence-corrected chi connectivity index (χ4v) is 6.78. The van der Waals surface area contributed by atoms with E-state index in [1.807, 2.05) is 0 Å². The zero-order valence-corrected chi connectivity index (χ0v) is 23.2. The molecule has 6 amide bonds. The number of anilines is 1. The number of amides is 6. The lowest BCUT2D eigenvalue weighted by Crippen LogP contribution is -2.54. The first-order chi connectivity index (χ1) is 20.7. The van der Waals surface area contributed by atoms with Gasteiger partial charge in [-0.05, 0) is 69.2 Å². The predicted molar refractivity (Wildman–Crippen MR) is 149 cm³/mol. The molecule has 1 unspecified atom stereocenters. The molecule has 2 aromatic rings. The molecule has 1 aliphatic carbocycles. The lowest BCUT2D eigenvalue weighted by Gasteiger charge is -2.36. The summed E-state index contributed by atoms with van der Waals surface area (Å²) in [5, 5.41) is 5.41. The molecule has 6 rings (SSSR count). The van der Waals surface area contributed by atoms with Crippen molar-refractivity contribution in [2.75, 3.05) is 11.9 Å². The fraction of sp³-hybridized carbons (Fsp3) is 0.387. The minimum Gasteiger partial charge on any atom is -0.384 e. The van der Waals surface area contributed by atoms with Crippen LogP contribution in [0.2, 0.25) is 0 Å². The molecular formula is C31H29FN4O7. The van der Waals surface area contributed by atoms with Crippen molar-refractivity contribution < 1.29 is 38.0 Å². The standard InChI is InChI=1S/C31H29FN4O7/c32-19-9-3-7-17-24(19)30(43)36(28(17)41)31(15-6-12-22(31)37)14-1-2-16-33-20-10-4-8-18-25(20)29(42)35(27(18)40)21-11-5-13-23(38)34-26(21)39/h3-4,7-10,21,33H,1-2,5-6,11-16H2,(H,34,38,39)/t21?,31-/m0/s1. The van der Waals surface area contributed by atoms with Gasteiger partial charge < -0.3 is 5.32 Å². The summed E-state index contributed by atoms with van der Waals surface area (Å²) in [5.41, 5.74) is -0.960. The molecular weight excluding hydrogens is 559 g/mol. The molecule has 1 saturated carbocycles. The van der Waals surface area contributed by atoms with Gasteiger partial charge in [-0.25, -0.2) is 4.39 Å². The first kappa shape index (κ1) is 28.4. The molecule has 0 aromatic heterocycles. The molecule has 4 aliphatic rings. The van der Waals surface area contributed by atoms with Gasteiger partial charge in [0.2, 0.25) is 11.8 Å². The van der Waals surface area contributed by atoms with E-state index in [0.717, 1.165) is 15.9 Å². The van der Waals surface area contributed by atoms with E-state index in [1.165, 1.54) is 18.2 Å². The van der Waals surface area contributed by atoms with Crippen LogP contribution in [0.15, 0.2) is 36.4 Å². The Balaban J connectivity index is 1.13. The second-order valence-electron chi connectivity index (χ2n) is 11.3. The van der Waals surface area contributed by atoms with E-state index in [9.17, 15) is 38.0 Å². The van der Waals surface area contributed by atoms with Crippen LogP contribution in [0.25, 0.3) is 0 Å². The minimum absolute atomic E-state index is 0.0372. The van der Waals surface area contributed by atoms with Crippen molar-refractivity contribution in [1.29, 1.82) is 0 Å². The number of ketones is 1. The van der Waals surface area contributed by atoms with Crippen LogP contribution in [0.1, 0.15) is 99.2 Å². The van der Waals surface area contributed by atoms with Crippen LogP contribution >= 0.6 is 0 Å². The summed E-state index contributed by atoms with van der Waals surface area (Å²) in [5.74, 6) is -4.80. The summed E-state index contributed by atoms with van der Waals surface area (Å²) in [6.07, 6.45) is 2.89. The van der Waals surface area contributed by atoms with E-state index >= 15 is 0 Å². The third kappa shape index (κ3) is 4.52. The molecule has 11 nitrogen and oxygen atoms in total. The topological polar surface area (TPSA) is 150 Å². The molecule has 0 spiro atoms. The van der Waals surface area contributed by atoms with Gasteiger partial charge in [-0.15, -0.1) is 0 Å². The summed E-state index contributed by atoms with van der Waals surface area (Å²) in [6.45, 7) is 0.345. The number of fused-ring (bicyclic) bond motifs is 2. The number of carbonyl (C=O) groups excluding carboxylic acids is 7. The molecule has 12 heteroatoms. The lowest BCUT2D eigenvalue weighted by molar-refractivity contribution is -0.131. The van der Waals surface area contributed by atoms with Gasteiger partial charge >= 0.3 is 0 Å². The van der Waals surface area contributed by atoms with Crippen molar-refractivity contribution >= 4 is 46.9 Å². The van der Waals surface area contributed by atoms with Crippen molar-refractivity contribution in [2.45, 2.75) is 69.4 Å². The summed E-state index contributed by atoms with van der Waals surface area (Å²) in [7, 11) is 0. The number of imide groups is 3. The van der Waals surface area contributed by atoms with Gasteiger partial charge in [0.1, 0.15) is 17.4 Å². The van der Waals surface area contributed by atoms with E-state index in [0.29, 0.717) is 44.3 Å². The van der Waals surface area contributed by atoms with Crippen LogP contribution in [-0.4, -0.2) is 69.2 Å². The molecule has 2 atom stereocenters. The summed E-state index contributed by atoms with van der Waals surface area (Å²) in [4.78, 5) is 92.3. The number of unbranched alkanes of at least 4 members (excludes halogenated alkanes) is 1. The van der Waals surface area contributed by atoms with E-state index < -0.39 is 52.8 Å².